The molecule has 0 atom stereocenters. The third kappa shape index (κ3) is 4.25. The van der Waals surface area contributed by atoms with Crippen molar-refractivity contribution in [3.05, 3.63) is 28.2 Å². The van der Waals surface area contributed by atoms with Crippen molar-refractivity contribution in [1.82, 2.24) is 9.80 Å². The van der Waals surface area contributed by atoms with Crippen LogP contribution in [-0.2, 0) is 0 Å². The molecule has 0 bridgehead atoms. The van der Waals surface area contributed by atoms with Crippen molar-refractivity contribution in [2.45, 2.75) is 6.92 Å². The van der Waals surface area contributed by atoms with E-state index in [1.165, 1.54) is 0 Å². The van der Waals surface area contributed by atoms with E-state index in [9.17, 15) is 0 Å². The Balaban J connectivity index is 1.74. The van der Waals surface area contributed by atoms with Crippen LogP contribution in [0.4, 0.5) is 0 Å². The molecule has 2 rings (SSSR count). The normalized spacial score (nSPS) is 17.6. The van der Waals surface area contributed by atoms with Crippen LogP contribution in [-0.4, -0.2) is 55.7 Å². The van der Waals surface area contributed by atoms with Crippen molar-refractivity contribution in [2.24, 2.45) is 0 Å². The molecule has 0 aromatic heterocycles. The van der Waals surface area contributed by atoms with Gasteiger partial charge in [-0.1, -0.05) is 36.2 Å². The molecule has 0 N–H and O–H groups in total. The molecule has 3 nitrogen and oxygen atoms in total. The zero-order valence-electron chi connectivity index (χ0n) is 11.2. The van der Waals surface area contributed by atoms with Crippen LogP contribution in [0.5, 0.6) is 5.75 Å². The molecular formula is C14H20Cl2N2O. The molecule has 1 heterocycles. The summed E-state index contributed by atoms with van der Waals surface area (Å²) in [7, 11) is 0. The number of rotatable bonds is 5. The number of hydrogen-bond acceptors (Lipinski definition) is 3. The average Bonchev–Trinajstić information content (AvgIpc) is 2.44. The molecule has 0 amide bonds. The number of benzene rings is 1. The predicted octanol–water partition coefficient (Wildman–Crippen LogP) is 3.01. The van der Waals surface area contributed by atoms with Gasteiger partial charge in [-0.15, -0.1) is 0 Å². The van der Waals surface area contributed by atoms with E-state index in [4.69, 9.17) is 27.9 Å². The maximum absolute atomic E-state index is 6.08. The van der Waals surface area contributed by atoms with E-state index in [-0.39, 0.29) is 0 Å². The predicted molar refractivity (Wildman–Crippen MR) is 80.5 cm³/mol. The highest BCUT2D eigenvalue weighted by atomic mass is 35.5. The van der Waals surface area contributed by atoms with Crippen molar-refractivity contribution in [2.75, 3.05) is 45.9 Å². The van der Waals surface area contributed by atoms with Gasteiger partial charge in [0.05, 0.1) is 5.02 Å². The topological polar surface area (TPSA) is 15.7 Å². The van der Waals surface area contributed by atoms with Crippen molar-refractivity contribution in [1.29, 1.82) is 0 Å². The van der Waals surface area contributed by atoms with Gasteiger partial charge in [0.1, 0.15) is 17.4 Å². The summed E-state index contributed by atoms with van der Waals surface area (Å²) in [6.07, 6.45) is 0. The number of piperazine rings is 1. The van der Waals surface area contributed by atoms with Gasteiger partial charge in [0.15, 0.2) is 0 Å². The van der Waals surface area contributed by atoms with Crippen molar-refractivity contribution in [3.8, 4) is 5.75 Å². The zero-order valence-corrected chi connectivity index (χ0v) is 12.8. The Hall–Kier alpha value is -0.480. The lowest BCUT2D eigenvalue weighted by Crippen LogP contribution is -2.47. The van der Waals surface area contributed by atoms with E-state index >= 15 is 0 Å². The molecule has 1 aliphatic rings. The average molecular weight is 303 g/mol. The second-order valence-electron chi connectivity index (χ2n) is 4.68. The second kappa shape index (κ2) is 7.34. The molecule has 0 spiro atoms. The van der Waals surface area contributed by atoms with Crippen molar-refractivity contribution in [3.63, 3.8) is 0 Å². The summed E-state index contributed by atoms with van der Waals surface area (Å²) in [5.41, 5.74) is 0. The molecule has 19 heavy (non-hydrogen) atoms. The van der Waals surface area contributed by atoms with E-state index in [2.05, 4.69) is 16.7 Å². The minimum absolute atomic E-state index is 0.500. The highest BCUT2D eigenvalue weighted by molar-refractivity contribution is 6.42. The van der Waals surface area contributed by atoms with Gasteiger partial charge in [-0.3, -0.25) is 4.90 Å². The zero-order chi connectivity index (χ0) is 13.7. The summed E-state index contributed by atoms with van der Waals surface area (Å²) >= 11 is 12.0. The van der Waals surface area contributed by atoms with E-state index < -0.39 is 0 Å². The Morgan fingerprint density at radius 2 is 1.79 bits per heavy atom. The molecule has 1 aromatic carbocycles. The van der Waals surface area contributed by atoms with Crippen LogP contribution in [0.1, 0.15) is 6.92 Å². The van der Waals surface area contributed by atoms with Gasteiger partial charge in [-0.05, 0) is 18.7 Å². The van der Waals surface area contributed by atoms with Crippen LogP contribution in [0.25, 0.3) is 0 Å². The summed E-state index contributed by atoms with van der Waals surface area (Å²) in [6.45, 7) is 9.44. The smallest absolute Gasteiger partial charge is 0.139 e. The van der Waals surface area contributed by atoms with E-state index in [0.29, 0.717) is 22.4 Å². The lowest BCUT2D eigenvalue weighted by Gasteiger charge is -2.33. The first-order valence-electron chi connectivity index (χ1n) is 6.72. The molecule has 0 aliphatic carbocycles. The lowest BCUT2D eigenvalue weighted by atomic mass is 10.3. The van der Waals surface area contributed by atoms with Gasteiger partial charge >= 0.3 is 0 Å². The first kappa shape index (κ1) is 14.9. The Bertz CT molecular complexity index is 406. The summed E-state index contributed by atoms with van der Waals surface area (Å²) < 4.78 is 5.70. The maximum atomic E-state index is 6.08. The van der Waals surface area contributed by atoms with Gasteiger partial charge in [-0.25, -0.2) is 0 Å². The van der Waals surface area contributed by atoms with Crippen molar-refractivity contribution >= 4 is 23.2 Å². The van der Waals surface area contributed by atoms with Crippen LogP contribution in [0, 0.1) is 0 Å². The number of ether oxygens (including phenoxy) is 1. The number of hydrogen-bond donors (Lipinski definition) is 0. The molecule has 1 fully saturated rings. The Morgan fingerprint density at radius 3 is 2.47 bits per heavy atom. The maximum Gasteiger partial charge on any atom is 0.139 e. The van der Waals surface area contributed by atoms with Crippen LogP contribution in [0.15, 0.2) is 18.2 Å². The SMILES string of the molecule is CCN1CCN(CCOc2cccc(Cl)c2Cl)CC1. The minimum atomic E-state index is 0.500. The summed E-state index contributed by atoms with van der Waals surface area (Å²) in [6, 6.07) is 5.47. The van der Waals surface area contributed by atoms with Gasteiger partial charge < -0.3 is 9.64 Å². The number of likely N-dealkylation sites (N-methyl/N-ethyl adjacent to an activating group) is 1. The molecule has 106 valence electrons. The fourth-order valence-electron chi connectivity index (χ4n) is 2.21. The first-order valence-corrected chi connectivity index (χ1v) is 7.48. The second-order valence-corrected chi connectivity index (χ2v) is 5.46. The first-order chi connectivity index (χ1) is 9.20. The largest absolute Gasteiger partial charge is 0.491 e. The fourth-order valence-corrected chi connectivity index (χ4v) is 2.56. The quantitative estimate of drug-likeness (QED) is 0.831. The van der Waals surface area contributed by atoms with E-state index in [0.717, 1.165) is 39.3 Å². The fraction of sp³-hybridized carbons (Fsp3) is 0.571. The summed E-state index contributed by atoms with van der Waals surface area (Å²) in [5, 5.41) is 1.04. The van der Waals surface area contributed by atoms with E-state index in [1.807, 2.05) is 12.1 Å². The third-order valence-corrected chi connectivity index (χ3v) is 4.29. The van der Waals surface area contributed by atoms with Gasteiger partial charge in [-0.2, -0.15) is 0 Å². The van der Waals surface area contributed by atoms with Crippen LogP contribution in [0.3, 0.4) is 0 Å². The van der Waals surface area contributed by atoms with Gasteiger partial charge in [0.25, 0.3) is 0 Å². The lowest BCUT2D eigenvalue weighted by molar-refractivity contribution is 0.121. The van der Waals surface area contributed by atoms with Gasteiger partial charge in [0.2, 0.25) is 0 Å². The molecule has 1 saturated heterocycles. The molecule has 0 radical (unpaired) electrons. The Labute approximate surface area is 125 Å². The van der Waals surface area contributed by atoms with Crippen LogP contribution >= 0.6 is 23.2 Å². The van der Waals surface area contributed by atoms with E-state index in [1.54, 1.807) is 6.07 Å². The standard InChI is InChI=1S/C14H20Cl2N2O/c1-2-17-6-8-18(9-7-17)10-11-19-13-5-3-4-12(15)14(13)16/h3-5H,2,6-11H2,1H3. The molecule has 0 unspecified atom stereocenters. The highest BCUT2D eigenvalue weighted by Gasteiger charge is 2.15. The summed E-state index contributed by atoms with van der Waals surface area (Å²) in [4.78, 5) is 4.88. The van der Waals surface area contributed by atoms with Crippen LogP contribution < -0.4 is 4.74 Å². The molecular weight excluding hydrogens is 283 g/mol. The Morgan fingerprint density at radius 1 is 1.11 bits per heavy atom. The molecule has 1 aliphatic heterocycles. The van der Waals surface area contributed by atoms with Crippen LogP contribution in [0.2, 0.25) is 10.0 Å². The molecule has 5 heteroatoms. The van der Waals surface area contributed by atoms with Crippen molar-refractivity contribution < 1.29 is 4.74 Å². The Kier molecular flexibility index (Phi) is 5.76. The molecule has 1 aromatic rings. The van der Waals surface area contributed by atoms with Gasteiger partial charge in [0, 0.05) is 32.7 Å². The molecule has 0 saturated carbocycles. The third-order valence-electron chi connectivity index (χ3n) is 3.49. The number of nitrogens with zero attached hydrogens (tertiary/aromatic N) is 2. The minimum Gasteiger partial charge on any atom is -0.491 e. The number of halogens is 2. The monoisotopic (exact) mass is 302 g/mol. The highest BCUT2D eigenvalue weighted by Crippen LogP contribution is 2.31. The summed E-state index contributed by atoms with van der Waals surface area (Å²) in [5.74, 6) is 0.668.